The van der Waals surface area contributed by atoms with Crippen LogP contribution >= 0.6 is 11.3 Å². The Bertz CT molecular complexity index is 716. The number of amides is 3. The number of piperazine rings is 1. The summed E-state index contributed by atoms with van der Waals surface area (Å²) in [5.41, 5.74) is 0.720. The fourth-order valence-electron chi connectivity index (χ4n) is 2.59. The fourth-order valence-corrected chi connectivity index (χ4v) is 3.46. The molecule has 7 heteroatoms. The van der Waals surface area contributed by atoms with E-state index in [2.05, 4.69) is 22.9 Å². The molecule has 1 aromatic heterocycles. The van der Waals surface area contributed by atoms with Gasteiger partial charge in [-0.15, -0.1) is 11.3 Å². The van der Waals surface area contributed by atoms with E-state index in [1.165, 1.54) is 11.3 Å². The number of nitrogens with one attached hydrogen (secondary N) is 3. The molecule has 0 aliphatic carbocycles. The van der Waals surface area contributed by atoms with Gasteiger partial charge in [0.2, 0.25) is 0 Å². The lowest BCUT2D eigenvalue weighted by atomic mass is 10.2. The van der Waals surface area contributed by atoms with Crippen molar-refractivity contribution in [2.75, 3.05) is 30.3 Å². The van der Waals surface area contributed by atoms with Crippen LogP contribution < -0.4 is 16.0 Å². The number of urea groups is 1. The third-order valence-corrected chi connectivity index (χ3v) is 4.73. The number of thiophene rings is 1. The van der Waals surface area contributed by atoms with Gasteiger partial charge in [0.15, 0.2) is 0 Å². The highest BCUT2D eigenvalue weighted by molar-refractivity contribution is 7.18. The van der Waals surface area contributed by atoms with Gasteiger partial charge in [0.25, 0.3) is 5.91 Å². The van der Waals surface area contributed by atoms with Crippen molar-refractivity contribution < 1.29 is 9.59 Å². The molecule has 0 spiro atoms. The summed E-state index contributed by atoms with van der Waals surface area (Å²) in [7, 11) is 0. The minimum Gasteiger partial charge on any atom is -0.335 e. The van der Waals surface area contributed by atoms with Gasteiger partial charge in [-0.05, 0) is 31.2 Å². The predicted molar refractivity (Wildman–Crippen MR) is 96.8 cm³/mol. The summed E-state index contributed by atoms with van der Waals surface area (Å²) >= 11 is 1.29. The van der Waals surface area contributed by atoms with E-state index in [0.29, 0.717) is 29.0 Å². The molecule has 24 heavy (non-hydrogen) atoms. The van der Waals surface area contributed by atoms with E-state index in [1.807, 2.05) is 35.2 Å². The monoisotopic (exact) mass is 344 g/mol. The number of hydrogen-bond acceptors (Lipinski definition) is 4. The molecule has 1 atom stereocenters. The van der Waals surface area contributed by atoms with Crippen molar-refractivity contribution in [3.63, 3.8) is 0 Å². The highest BCUT2D eigenvalue weighted by Crippen LogP contribution is 2.24. The van der Waals surface area contributed by atoms with Crippen molar-refractivity contribution in [1.82, 2.24) is 10.2 Å². The summed E-state index contributed by atoms with van der Waals surface area (Å²) in [4.78, 5) is 27.0. The predicted octanol–water partition coefficient (Wildman–Crippen LogP) is 2.83. The Kier molecular flexibility index (Phi) is 5.12. The van der Waals surface area contributed by atoms with Crippen LogP contribution in [0.15, 0.2) is 42.5 Å². The molecular weight excluding hydrogens is 324 g/mol. The van der Waals surface area contributed by atoms with Gasteiger partial charge in [-0.1, -0.05) is 18.2 Å². The second-order valence-electron chi connectivity index (χ2n) is 5.72. The highest BCUT2D eigenvalue weighted by Gasteiger charge is 2.22. The third kappa shape index (κ3) is 4.12. The Morgan fingerprint density at radius 1 is 1.17 bits per heavy atom. The third-order valence-electron chi connectivity index (χ3n) is 3.74. The van der Waals surface area contributed by atoms with Gasteiger partial charge in [-0.3, -0.25) is 10.1 Å². The van der Waals surface area contributed by atoms with E-state index in [1.54, 1.807) is 12.1 Å². The van der Waals surface area contributed by atoms with Gasteiger partial charge in [-0.25, -0.2) is 4.79 Å². The summed E-state index contributed by atoms with van der Waals surface area (Å²) in [6.07, 6.45) is 0. The first-order chi connectivity index (χ1) is 11.6. The quantitative estimate of drug-likeness (QED) is 0.802. The number of hydrogen-bond donors (Lipinski definition) is 3. The van der Waals surface area contributed by atoms with Gasteiger partial charge < -0.3 is 15.5 Å². The molecule has 1 aliphatic heterocycles. The second kappa shape index (κ2) is 7.46. The molecule has 6 nitrogen and oxygen atoms in total. The maximum absolute atomic E-state index is 12.5. The number of benzene rings is 1. The van der Waals surface area contributed by atoms with Crippen molar-refractivity contribution in [3.8, 4) is 0 Å². The van der Waals surface area contributed by atoms with Crippen molar-refractivity contribution in [3.05, 3.63) is 47.3 Å². The molecule has 1 aliphatic rings. The minimum absolute atomic E-state index is 0.0184. The van der Waals surface area contributed by atoms with Crippen LogP contribution in [0.4, 0.5) is 15.5 Å². The number of nitrogens with zero attached hydrogens (tertiary/aromatic N) is 1. The first-order valence-electron chi connectivity index (χ1n) is 7.87. The van der Waals surface area contributed by atoms with Crippen LogP contribution in [0.5, 0.6) is 0 Å². The smallest absolute Gasteiger partial charge is 0.324 e. The van der Waals surface area contributed by atoms with Gasteiger partial charge in [0, 0.05) is 31.4 Å². The van der Waals surface area contributed by atoms with Crippen LogP contribution in [-0.2, 0) is 0 Å². The summed E-state index contributed by atoms with van der Waals surface area (Å²) in [6, 6.07) is 12.7. The molecule has 2 aromatic rings. The number of anilines is 2. The van der Waals surface area contributed by atoms with Crippen LogP contribution in [0.2, 0.25) is 0 Å². The summed E-state index contributed by atoms with van der Waals surface area (Å²) < 4.78 is 0. The van der Waals surface area contributed by atoms with Crippen molar-refractivity contribution in [1.29, 1.82) is 0 Å². The second-order valence-corrected chi connectivity index (χ2v) is 6.80. The highest BCUT2D eigenvalue weighted by atomic mass is 32.1. The maximum atomic E-state index is 12.5. The van der Waals surface area contributed by atoms with E-state index in [9.17, 15) is 9.59 Å². The lowest BCUT2D eigenvalue weighted by Crippen LogP contribution is -2.51. The van der Waals surface area contributed by atoms with Gasteiger partial charge in [-0.2, -0.15) is 0 Å². The van der Waals surface area contributed by atoms with E-state index < -0.39 is 0 Å². The van der Waals surface area contributed by atoms with Crippen LogP contribution in [0, 0.1) is 0 Å². The zero-order valence-corrected chi connectivity index (χ0v) is 14.2. The van der Waals surface area contributed by atoms with E-state index >= 15 is 0 Å². The standard InChI is InChI=1S/C17H20N4O2S/c1-12-11-21(10-9-18-12)16(22)14-7-8-15(24-14)20-17(23)19-13-5-3-2-4-6-13/h2-8,12,18H,9-11H2,1H3,(H2,19,20,23). The average Bonchev–Trinajstić information content (AvgIpc) is 3.03. The average molecular weight is 344 g/mol. The number of rotatable bonds is 3. The van der Waals surface area contributed by atoms with Crippen LogP contribution in [0.25, 0.3) is 0 Å². The maximum Gasteiger partial charge on any atom is 0.324 e. The van der Waals surface area contributed by atoms with Crippen LogP contribution in [-0.4, -0.2) is 42.5 Å². The van der Waals surface area contributed by atoms with Crippen molar-refractivity contribution in [2.24, 2.45) is 0 Å². The van der Waals surface area contributed by atoms with Gasteiger partial charge in [0.05, 0.1) is 9.88 Å². The molecule has 3 N–H and O–H groups in total. The molecule has 0 saturated carbocycles. The van der Waals surface area contributed by atoms with E-state index in [0.717, 1.165) is 12.2 Å². The van der Waals surface area contributed by atoms with Gasteiger partial charge >= 0.3 is 6.03 Å². The van der Waals surface area contributed by atoms with Gasteiger partial charge in [0.1, 0.15) is 0 Å². The Hall–Kier alpha value is -2.38. The molecule has 1 fully saturated rings. The zero-order valence-electron chi connectivity index (χ0n) is 13.4. The minimum atomic E-state index is -0.321. The molecule has 1 saturated heterocycles. The molecule has 2 heterocycles. The molecular formula is C17H20N4O2S. The summed E-state index contributed by atoms with van der Waals surface area (Å²) in [5.74, 6) is 0.0184. The molecule has 0 radical (unpaired) electrons. The SMILES string of the molecule is CC1CN(C(=O)c2ccc(NC(=O)Nc3ccccc3)s2)CCN1. The lowest BCUT2D eigenvalue weighted by molar-refractivity contribution is 0.0714. The first-order valence-corrected chi connectivity index (χ1v) is 8.69. The van der Waals surface area contributed by atoms with E-state index in [4.69, 9.17) is 0 Å². The fraction of sp³-hybridized carbons (Fsp3) is 0.294. The molecule has 126 valence electrons. The Morgan fingerprint density at radius 2 is 1.96 bits per heavy atom. The Labute approximate surface area is 144 Å². The number of carbonyl (C=O) groups excluding carboxylic acids is 2. The number of carbonyl (C=O) groups is 2. The molecule has 1 unspecified atom stereocenters. The van der Waals surface area contributed by atoms with Crippen molar-refractivity contribution >= 4 is 34.0 Å². The largest absolute Gasteiger partial charge is 0.335 e. The molecule has 1 aromatic carbocycles. The molecule has 3 rings (SSSR count). The molecule has 0 bridgehead atoms. The number of para-hydroxylation sites is 1. The Morgan fingerprint density at radius 3 is 2.71 bits per heavy atom. The first kappa shape index (κ1) is 16.5. The van der Waals surface area contributed by atoms with Crippen LogP contribution in [0.1, 0.15) is 16.6 Å². The normalized spacial score (nSPS) is 17.4. The molecule has 3 amide bonds. The van der Waals surface area contributed by atoms with E-state index in [-0.39, 0.29) is 11.9 Å². The topological polar surface area (TPSA) is 73.5 Å². The summed E-state index contributed by atoms with van der Waals surface area (Å²) in [5, 5.41) is 9.48. The Balaban J connectivity index is 1.59. The zero-order chi connectivity index (χ0) is 16.9. The summed E-state index contributed by atoms with van der Waals surface area (Å²) in [6.45, 7) is 4.28. The van der Waals surface area contributed by atoms with Crippen molar-refractivity contribution in [2.45, 2.75) is 13.0 Å². The van der Waals surface area contributed by atoms with Crippen LogP contribution in [0.3, 0.4) is 0 Å². The lowest BCUT2D eigenvalue weighted by Gasteiger charge is -2.31.